The number of methoxy groups -OCH3 is 1. The van der Waals surface area contributed by atoms with E-state index in [0.29, 0.717) is 0 Å². The van der Waals surface area contributed by atoms with Crippen LogP contribution >= 0.6 is 0 Å². The maximum absolute atomic E-state index is 12.1. The molecule has 0 spiro atoms. The van der Waals surface area contributed by atoms with E-state index in [1.165, 1.54) is 12.8 Å². The van der Waals surface area contributed by atoms with Crippen molar-refractivity contribution in [3.05, 3.63) is 35.4 Å². The minimum absolute atomic E-state index is 0.125. The fourth-order valence-corrected chi connectivity index (χ4v) is 3.21. The summed E-state index contributed by atoms with van der Waals surface area (Å²) in [6.45, 7) is 2.28. The second kappa shape index (κ2) is 9.42. The predicted molar refractivity (Wildman–Crippen MR) is 93.6 cm³/mol. The first-order valence-corrected chi connectivity index (χ1v) is 8.79. The van der Waals surface area contributed by atoms with Crippen molar-refractivity contribution in [2.45, 2.75) is 57.6 Å². The molecule has 1 atom stereocenters. The highest BCUT2D eigenvalue weighted by molar-refractivity contribution is 6.35. The van der Waals surface area contributed by atoms with E-state index in [0.717, 1.165) is 36.8 Å². The molecular formula is C19H28N2O3. The molecule has 2 amide bonds. The van der Waals surface area contributed by atoms with Crippen molar-refractivity contribution in [3.8, 4) is 0 Å². The van der Waals surface area contributed by atoms with Crippen LogP contribution in [0, 0.1) is 6.92 Å². The third kappa shape index (κ3) is 5.34. The Balaban J connectivity index is 1.84. The summed E-state index contributed by atoms with van der Waals surface area (Å²) in [5.74, 6) is -1.13. The molecule has 1 aliphatic carbocycles. The number of amides is 2. The van der Waals surface area contributed by atoms with Gasteiger partial charge in [-0.05, 0) is 30.9 Å². The molecule has 1 saturated carbocycles. The summed E-state index contributed by atoms with van der Waals surface area (Å²) in [6.07, 6.45) is 6.32. The molecule has 1 aromatic rings. The lowest BCUT2D eigenvalue weighted by Crippen LogP contribution is -2.45. The second-order valence-corrected chi connectivity index (χ2v) is 6.45. The van der Waals surface area contributed by atoms with Gasteiger partial charge in [-0.15, -0.1) is 0 Å². The lowest BCUT2D eigenvalue weighted by molar-refractivity contribution is -0.140. The summed E-state index contributed by atoms with van der Waals surface area (Å²) < 4.78 is 5.47. The Morgan fingerprint density at radius 3 is 2.42 bits per heavy atom. The normalized spacial score (nSPS) is 16.9. The van der Waals surface area contributed by atoms with E-state index in [2.05, 4.69) is 10.6 Å². The van der Waals surface area contributed by atoms with Gasteiger partial charge >= 0.3 is 11.8 Å². The molecule has 1 unspecified atom stereocenters. The van der Waals surface area contributed by atoms with Crippen LogP contribution in [0.1, 0.15) is 55.8 Å². The number of nitrogens with one attached hydrogen (secondary N) is 2. The molecule has 0 aliphatic heterocycles. The van der Waals surface area contributed by atoms with Crippen LogP contribution in [0.15, 0.2) is 24.3 Å². The smallest absolute Gasteiger partial charge is 0.309 e. The number of ether oxygens (including phenoxy) is 1. The highest BCUT2D eigenvalue weighted by Gasteiger charge is 2.21. The SMILES string of the molecule is COC(CNC(=O)C(=O)NC1CCCCCC1)c1ccccc1C. The number of hydrogen-bond donors (Lipinski definition) is 2. The van der Waals surface area contributed by atoms with Gasteiger partial charge in [0.25, 0.3) is 0 Å². The zero-order valence-electron chi connectivity index (χ0n) is 14.6. The van der Waals surface area contributed by atoms with Crippen LogP contribution in [-0.4, -0.2) is 31.5 Å². The van der Waals surface area contributed by atoms with Gasteiger partial charge in [0.15, 0.2) is 0 Å². The van der Waals surface area contributed by atoms with Crippen molar-refractivity contribution < 1.29 is 14.3 Å². The van der Waals surface area contributed by atoms with Crippen molar-refractivity contribution in [2.24, 2.45) is 0 Å². The molecule has 24 heavy (non-hydrogen) atoms. The number of benzene rings is 1. The molecule has 2 N–H and O–H groups in total. The van der Waals surface area contributed by atoms with Crippen LogP contribution in [0.4, 0.5) is 0 Å². The zero-order valence-corrected chi connectivity index (χ0v) is 14.6. The van der Waals surface area contributed by atoms with E-state index in [1.807, 2.05) is 31.2 Å². The van der Waals surface area contributed by atoms with Crippen LogP contribution in [-0.2, 0) is 14.3 Å². The topological polar surface area (TPSA) is 67.4 Å². The molecule has 0 bridgehead atoms. The minimum atomic E-state index is -0.588. The van der Waals surface area contributed by atoms with Crippen molar-refractivity contribution in [1.29, 1.82) is 0 Å². The van der Waals surface area contributed by atoms with E-state index in [9.17, 15) is 9.59 Å². The molecule has 2 rings (SSSR count). The lowest BCUT2D eigenvalue weighted by atomic mass is 10.0. The van der Waals surface area contributed by atoms with Crippen LogP contribution in [0.2, 0.25) is 0 Å². The third-order valence-electron chi connectivity index (χ3n) is 4.66. The summed E-state index contributed by atoms with van der Waals surface area (Å²) in [4.78, 5) is 24.1. The third-order valence-corrected chi connectivity index (χ3v) is 4.66. The lowest BCUT2D eigenvalue weighted by Gasteiger charge is -2.19. The van der Waals surface area contributed by atoms with Crippen molar-refractivity contribution >= 4 is 11.8 Å². The summed E-state index contributed by atoms with van der Waals surface area (Å²) in [6, 6.07) is 8.00. The van der Waals surface area contributed by atoms with Gasteiger partial charge in [-0.1, -0.05) is 49.9 Å². The molecule has 132 valence electrons. The molecule has 1 fully saturated rings. The van der Waals surface area contributed by atoms with Gasteiger partial charge in [0, 0.05) is 19.7 Å². The van der Waals surface area contributed by atoms with Gasteiger partial charge in [-0.25, -0.2) is 0 Å². The Kier molecular flexibility index (Phi) is 7.25. The summed E-state index contributed by atoms with van der Waals surface area (Å²) >= 11 is 0. The maximum Gasteiger partial charge on any atom is 0.309 e. The molecule has 0 aromatic heterocycles. The number of aryl methyl sites for hydroxylation is 1. The number of rotatable bonds is 5. The van der Waals surface area contributed by atoms with E-state index < -0.39 is 11.8 Å². The Bertz CT molecular complexity index is 551. The largest absolute Gasteiger partial charge is 0.375 e. The highest BCUT2D eigenvalue weighted by atomic mass is 16.5. The van der Waals surface area contributed by atoms with Crippen molar-refractivity contribution in [1.82, 2.24) is 10.6 Å². The summed E-state index contributed by atoms with van der Waals surface area (Å²) in [5.41, 5.74) is 2.12. The Labute approximate surface area is 144 Å². The van der Waals surface area contributed by atoms with Gasteiger partial charge < -0.3 is 15.4 Å². The second-order valence-electron chi connectivity index (χ2n) is 6.45. The van der Waals surface area contributed by atoms with Gasteiger partial charge in [0.1, 0.15) is 0 Å². The van der Waals surface area contributed by atoms with Crippen LogP contribution in [0.25, 0.3) is 0 Å². The van der Waals surface area contributed by atoms with E-state index in [1.54, 1.807) is 7.11 Å². The van der Waals surface area contributed by atoms with Gasteiger partial charge in [-0.3, -0.25) is 9.59 Å². The number of hydrogen-bond acceptors (Lipinski definition) is 3. The Morgan fingerprint density at radius 2 is 1.79 bits per heavy atom. The summed E-state index contributed by atoms with van der Waals surface area (Å²) in [7, 11) is 1.61. The first kappa shape index (κ1) is 18.5. The first-order valence-electron chi connectivity index (χ1n) is 8.79. The van der Waals surface area contributed by atoms with Gasteiger partial charge in [0.05, 0.1) is 6.10 Å². The Morgan fingerprint density at radius 1 is 1.12 bits per heavy atom. The fourth-order valence-electron chi connectivity index (χ4n) is 3.21. The average molecular weight is 332 g/mol. The average Bonchev–Trinajstić information content (AvgIpc) is 2.85. The standard InChI is InChI=1S/C19H28N2O3/c1-14-9-7-8-12-16(14)17(24-2)13-20-18(22)19(23)21-15-10-5-3-4-6-11-15/h7-9,12,15,17H,3-6,10-11,13H2,1-2H3,(H,20,22)(H,21,23). The van der Waals surface area contributed by atoms with E-state index in [-0.39, 0.29) is 18.7 Å². The van der Waals surface area contributed by atoms with E-state index in [4.69, 9.17) is 4.74 Å². The monoisotopic (exact) mass is 332 g/mol. The van der Waals surface area contributed by atoms with E-state index >= 15 is 0 Å². The molecule has 5 heteroatoms. The Hall–Kier alpha value is -1.88. The fraction of sp³-hybridized carbons (Fsp3) is 0.579. The molecular weight excluding hydrogens is 304 g/mol. The molecule has 0 heterocycles. The molecule has 0 saturated heterocycles. The number of carbonyl (C=O) groups is 2. The quantitative estimate of drug-likeness (QED) is 0.643. The summed E-state index contributed by atoms with van der Waals surface area (Å²) in [5, 5.41) is 5.55. The van der Waals surface area contributed by atoms with Gasteiger partial charge in [0.2, 0.25) is 0 Å². The zero-order chi connectivity index (χ0) is 17.4. The van der Waals surface area contributed by atoms with Crippen molar-refractivity contribution in [2.75, 3.05) is 13.7 Å². The van der Waals surface area contributed by atoms with Crippen LogP contribution in [0.3, 0.4) is 0 Å². The highest BCUT2D eigenvalue weighted by Crippen LogP contribution is 2.19. The maximum atomic E-state index is 12.1. The number of carbonyl (C=O) groups excluding carboxylic acids is 2. The molecule has 0 radical (unpaired) electrons. The van der Waals surface area contributed by atoms with Crippen LogP contribution < -0.4 is 10.6 Å². The molecule has 5 nitrogen and oxygen atoms in total. The minimum Gasteiger partial charge on any atom is -0.375 e. The first-order chi connectivity index (χ1) is 11.6. The molecule has 1 aliphatic rings. The molecule has 1 aromatic carbocycles. The van der Waals surface area contributed by atoms with Crippen LogP contribution in [0.5, 0.6) is 0 Å². The van der Waals surface area contributed by atoms with Gasteiger partial charge in [-0.2, -0.15) is 0 Å². The predicted octanol–water partition coefficient (Wildman–Crippen LogP) is 2.64. The van der Waals surface area contributed by atoms with Crippen molar-refractivity contribution in [3.63, 3.8) is 0 Å².